The predicted octanol–water partition coefficient (Wildman–Crippen LogP) is 28.0. The van der Waals surface area contributed by atoms with E-state index in [0.717, 1.165) is 167 Å². The van der Waals surface area contributed by atoms with Crippen molar-refractivity contribution in [1.29, 1.82) is 0 Å². The molecule has 0 aliphatic heterocycles. The van der Waals surface area contributed by atoms with Crippen molar-refractivity contribution >= 4 is 0 Å². The molecule has 0 amide bonds. The van der Waals surface area contributed by atoms with Crippen LogP contribution in [0.25, 0.3) is 0 Å². The number of rotatable bonds is 21. The van der Waals surface area contributed by atoms with Gasteiger partial charge in [0.15, 0.2) is 0 Å². The molecule has 17 rings (SSSR count). The predicted molar refractivity (Wildman–Crippen MR) is 558 cm³/mol. The average Bonchev–Trinajstić information content (AvgIpc) is 0.762. The first-order valence-electron chi connectivity index (χ1n) is 46.8. The molecule has 0 aliphatic carbocycles. The smallest absolute Gasteiger partial charge is 0.121 e. The van der Waals surface area contributed by atoms with Crippen molar-refractivity contribution < 1.29 is 76.6 Å². The van der Waals surface area contributed by atoms with Crippen molar-refractivity contribution in [2.75, 3.05) is 0 Å². The molecule has 15 N–H and O–H groups in total. The van der Waals surface area contributed by atoms with E-state index in [2.05, 4.69) is 69.3 Å². The van der Waals surface area contributed by atoms with Gasteiger partial charge in [-0.2, -0.15) is 0 Å². The molecule has 0 heterocycles. The summed E-state index contributed by atoms with van der Waals surface area (Å²) in [7, 11) is 0. The Morgan fingerprint density at radius 2 is 0.293 bits per heavy atom. The van der Waals surface area contributed by atoms with Gasteiger partial charge in [0.1, 0.15) is 86.2 Å². The van der Waals surface area contributed by atoms with Crippen LogP contribution in [0.1, 0.15) is 229 Å². The highest BCUT2D eigenvalue weighted by atomic mass is 16.3. The first-order chi connectivity index (χ1) is 66.6. The lowest BCUT2D eigenvalue weighted by atomic mass is 9.70. The third-order valence-electron chi connectivity index (χ3n) is 27.6. The van der Waals surface area contributed by atoms with Crippen molar-refractivity contribution in [2.24, 2.45) is 0 Å². The largest absolute Gasteiger partial charge is 0.508 e. The standard InChI is InChI=1S/C40H42O4.C30H30O4.C29H28O3.C26H22O4/c1-21-13-31(14-22(2)37(21)41)35(32-15-23(3)38(42)24(4)16-32)29-9-11-30(12-10-29)36(33-17-25(5)39(43)26(6)18-33)34-19-27(7)40(44)28(8)20-34;1-17-13-21(5-9-25(17)31)29(22-6-10-26(32)18(2)14-22)30(23-7-11-27(33)19(3)15-23)24-8-12-28(34)20(4)16-24;1-28(2,21-8-14-25(30)15-9-21)20-4-6-22(7-5-20)29(3,23-10-16-26(31)17-11-23)24-12-18-27(32)19-13-24;27-21-9-1-17(2-10-21)25(18-3-11-22(28)12-4-18)26(19-5-13-23(29)14-6-19)20-7-15-24(30)16-8-20/h9-20,35-36,41-44H,1-8H3;5-16,29-34H,1-4H3;4-19,30-32H,1-3H3;1-16,25-30H. The Morgan fingerprint density at radius 3 is 0.486 bits per heavy atom. The van der Waals surface area contributed by atoms with Crippen LogP contribution in [0, 0.1) is 83.1 Å². The maximum atomic E-state index is 10.5. The van der Waals surface area contributed by atoms with Crippen LogP contribution < -0.4 is 0 Å². The molecule has 0 saturated heterocycles. The molecule has 0 bridgehead atoms. The molecule has 17 aromatic carbocycles. The average molecular weight is 1860 g/mol. The molecule has 0 fully saturated rings. The van der Waals surface area contributed by atoms with Gasteiger partial charge in [-0.15, -0.1) is 0 Å². The Hall–Kier alpha value is -16.3. The van der Waals surface area contributed by atoms with Crippen LogP contribution in [0.2, 0.25) is 0 Å². The summed E-state index contributed by atoms with van der Waals surface area (Å²) < 4.78 is 0. The van der Waals surface area contributed by atoms with Crippen LogP contribution in [0.3, 0.4) is 0 Å². The monoisotopic (exact) mass is 1860 g/mol. The molecule has 0 saturated carbocycles. The lowest BCUT2D eigenvalue weighted by Crippen LogP contribution is -2.26. The summed E-state index contributed by atoms with van der Waals surface area (Å²) in [5.41, 5.74) is 29.0. The lowest BCUT2D eigenvalue weighted by molar-refractivity contribution is 0.465. The Balaban J connectivity index is 0.000000150. The van der Waals surface area contributed by atoms with Crippen molar-refractivity contribution in [3.63, 3.8) is 0 Å². The first kappa shape index (κ1) is 99.7. The van der Waals surface area contributed by atoms with E-state index in [1.54, 1.807) is 109 Å². The number of benzene rings is 17. The van der Waals surface area contributed by atoms with Gasteiger partial charge in [-0.25, -0.2) is 0 Å². The fourth-order valence-electron chi connectivity index (χ4n) is 19.5. The molecular weight excluding hydrogens is 1740 g/mol. The number of aryl methyl sites for hydroxylation is 12. The molecular formula is C125H122O15. The van der Waals surface area contributed by atoms with Gasteiger partial charge in [-0.3, -0.25) is 0 Å². The van der Waals surface area contributed by atoms with Gasteiger partial charge in [0.25, 0.3) is 0 Å². The SMILES string of the molecule is CC(C)(c1ccc(O)cc1)c1ccc(C(C)(c2ccc(O)cc2)c2ccc(O)cc2)cc1.Cc1cc(C(c2ccc(C(c3cc(C)c(O)c(C)c3)c3cc(C)c(O)c(C)c3)cc2)c2cc(C)c(O)c(C)c2)cc(C)c1O.Cc1cc(C(c2ccc(O)c(C)c2)C(c2ccc(O)c(C)c2)c2ccc(O)c(C)c2)ccc1O.Oc1ccc(C(c2ccc(O)cc2)C(c2ccc(O)cc2)c2ccc(O)cc2)cc1. The third kappa shape index (κ3) is 22.0. The second-order valence-electron chi connectivity index (χ2n) is 38.0. The normalized spacial score (nSPS) is 11.5. The van der Waals surface area contributed by atoms with Gasteiger partial charge in [-0.05, 0) is 372 Å². The number of phenolic OH excluding ortho intramolecular Hbond substituents is 15. The molecule has 17 aromatic rings. The summed E-state index contributed by atoms with van der Waals surface area (Å²) >= 11 is 0. The third-order valence-corrected chi connectivity index (χ3v) is 27.6. The highest BCUT2D eigenvalue weighted by molar-refractivity contribution is 5.61. The number of phenols is 15. The van der Waals surface area contributed by atoms with Crippen molar-refractivity contribution in [2.45, 2.75) is 150 Å². The Labute approximate surface area is 820 Å². The van der Waals surface area contributed by atoms with Gasteiger partial charge in [-0.1, -0.05) is 244 Å². The van der Waals surface area contributed by atoms with E-state index in [9.17, 15) is 76.6 Å². The highest BCUT2D eigenvalue weighted by Crippen LogP contribution is 2.51. The van der Waals surface area contributed by atoms with Crippen LogP contribution in [-0.2, 0) is 10.8 Å². The Kier molecular flexibility index (Phi) is 30.0. The fourth-order valence-corrected chi connectivity index (χ4v) is 19.5. The van der Waals surface area contributed by atoms with Crippen molar-refractivity contribution in [1.82, 2.24) is 0 Å². The molecule has 15 heteroatoms. The van der Waals surface area contributed by atoms with Crippen LogP contribution in [0.5, 0.6) is 86.2 Å². The molecule has 0 unspecified atom stereocenters. The summed E-state index contributed by atoms with van der Waals surface area (Å²) in [6, 6.07) is 107. The van der Waals surface area contributed by atoms with E-state index in [-0.39, 0.29) is 104 Å². The zero-order valence-electron chi connectivity index (χ0n) is 81.5. The van der Waals surface area contributed by atoms with Gasteiger partial charge < -0.3 is 76.6 Å². The van der Waals surface area contributed by atoms with E-state index in [1.807, 2.05) is 265 Å². The zero-order chi connectivity index (χ0) is 101. The van der Waals surface area contributed by atoms with Crippen molar-refractivity contribution in [3.05, 3.63) is 512 Å². The molecule has 0 aromatic heterocycles. The minimum atomic E-state index is -0.470. The van der Waals surface area contributed by atoms with Crippen LogP contribution in [0.4, 0.5) is 0 Å². The summed E-state index contributed by atoms with van der Waals surface area (Å²) in [6.45, 7) is 29.4. The van der Waals surface area contributed by atoms with E-state index in [0.29, 0.717) is 23.0 Å². The maximum Gasteiger partial charge on any atom is 0.121 e. The molecule has 0 radical (unpaired) electrons. The first-order valence-corrected chi connectivity index (χ1v) is 46.8. The highest BCUT2D eigenvalue weighted by Gasteiger charge is 2.36. The molecule has 15 nitrogen and oxygen atoms in total. The van der Waals surface area contributed by atoms with Gasteiger partial charge >= 0.3 is 0 Å². The lowest BCUT2D eigenvalue weighted by Gasteiger charge is -2.33. The summed E-state index contributed by atoms with van der Waals surface area (Å²) in [5, 5.41) is 151. The second kappa shape index (κ2) is 42.2. The van der Waals surface area contributed by atoms with Crippen LogP contribution >= 0.6 is 0 Å². The Morgan fingerprint density at radius 1 is 0.150 bits per heavy atom. The minimum absolute atomic E-state index is 0.116. The van der Waals surface area contributed by atoms with Gasteiger partial charge in [0.05, 0.1) is 0 Å². The van der Waals surface area contributed by atoms with E-state index < -0.39 is 5.41 Å². The van der Waals surface area contributed by atoms with Crippen molar-refractivity contribution in [3.8, 4) is 86.2 Å². The fraction of sp³-hybridized carbons (Fsp3) is 0.184. The van der Waals surface area contributed by atoms with Gasteiger partial charge in [0, 0.05) is 46.3 Å². The second-order valence-corrected chi connectivity index (χ2v) is 38.0. The quantitative estimate of drug-likeness (QED) is 0.0298. The van der Waals surface area contributed by atoms with E-state index in [4.69, 9.17) is 0 Å². The van der Waals surface area contributed by atoms with Crippen LogP contribution in [-0.4, -0.2) is 76.6 Å². The number of hydrogen-bond donors (Lipinski definition) is 15. The van der Waals surface area contributed by atoms with Gasteiger partial charge in [0.2, 0.25) is 0 Å². The summed E-state index contributed by atoms with van der Waals surface area (Å²) in [6.07, 6.45) is 0. The van der Waals surface area contributed by atoms with Crippen LogP contribution in [0.15, 0.2) is 340 Å². The van der Waals surface area contributed by atoms with E-state index in [1.165, 1.54) is 5.56 Å². The molecule has 140 heavy (non-hydrogen) atoms. The zero-order valence-corrected chi connectivity index (χ0v) is 81.5. The maximum absolute atomic E-state index is 10.5. The molecule has 712 valence electrons. The number of hydrogen-bond acceptors (Lipinski definition) is 15. The Bertz CT molecular complexity index is 6470. The summed E-state index contributed by atoms with van der Waals surface area (Å²) in [4.78, 5) is 0. The molecule has 0 spiro atoms. The van der Waals surface area contributed by atoms with E-state index >= 15 is 0 Å². The summed E-state index contributed by atoms with van der Waals surface area (Å²) in [5.74, 6) is 2.83. The molecule has 0 atom stereocenters. The minimum Gasteiger partial charge on any atom is -0.508 e. The topological polar surface area (TPSA) is 303 Å². The number of aromatic hydroxyl groups is 15. The molecule has 0 aliphatic rings.